The summed E-state index contributed by atoms with van der Waals surface area (Å²) in [4.78, 5) is 64.9. The van der Waals surface area contributed by atoms with Gasteiger partial charge in [-0.05, 0) is 75.4 Å². The van der Waals surface area contributed by atoms with Crippen LogP contribution < -0.4 is 24.3 Å². The number of rotatable bonds is 27. The molecule has 398 valence electrons. The van der Waals surface area contributed by atoms with Crippen LogP contribution in [0.4, 0.5) is 11.4 Å². The number of aliphatic imine (C=N–C) groups is 2. The maximum Gasteiger partial charge on any atom is 0.307 e. The number of nitrogens with zero attached hydrogens (tertiary/aromatic N) is 4. The van der Waals surface area contributed by atoms with Crippen molar-refractivity contribution >= 4 is 59.3 Å². The van der Waals surface area contributed by atoms with Gasteiger partial charge >= 0.3 is 5.97 Å². The molecule has 4 aliphatic rings. The first-order valence-corrected chi connectivity index (χ1v) is 25.9. The van der Waals surface area contributed by atoms with E-state index in [1.165, 1.54) is 30.0 Å². The number of carbonyl (C=O) groups excluding carboxylic acids is 4. The second-order valence-corrected chi connectivity index (χ2v) is 20.0. The molecular formula is C55H69N5O13S. The van der Waals surface area contributed by atoms with E-state index in [0.717, 1.165) is 29.5 Å². The van der Waals surface area contributed by atoms with Crippen molar-refractivity contribution in [3.8, 4) is 23.0 Å². The molecule has 18 nitrogen and oxygen atoms in total. The Balaban J connectivity index is 0.982. The van der Waals surface area contributed by atoms with Crippen LogP contribution in [0.25, 0.3) is 0 Å². The summed E-state index contributed by atoms with van der Waals surface area (Å²) in [7, 11) is 4.43. The van der Waals surface area contributed by atoms with E-state index in [1.807, 2.05) is 42.1 Å². The molecule has 2 saturated heterocycles. The smallest absolute Gasteiger partial charge is 0.307 e. The third-order valence-electron chi connectivity index (χ3n) is 13.1. The molecule has 4 heterocycles. The van der Waals surface area contributed by atoms with E-state index in [1.54, 1.807) is 38.5 Å². The highest BCUT2D eigenvalue weighted by Crippen LogP contribution is 2.42. The number of carbonyl (C=O) groups is 4. The molecule has 3 aromatic rings. The molecule has 7 rings (SSSR count). The first kappa shape index (κ1) is 55.5. The van der Waals surface area contributed by atoms with Gasteiger partial charge in [-0.25, -0.2) is 0 Å². The lowest BCUT2D eigenvalue weighted by atomic mass is 9.97. The molecule has 0 spiro atoms. The number of amides is 3. The fraction of sp³-hybridized carbons (Fsp3) is 0.491. The average molecular weight is 1040 g/mol. The fourth-order valence-electron chi connectivity index (χ4n) is 8.79. The number of esters is 1. The predicted molar refractivity (Wildman–Crippen MR) is 282 cm³/mol. The van der Waals surface area contributed by atoms with Gasteiger partial charge in [-0.2, -0.15) is 0 Å². The van der Waals surface area contributed by atoms with Crippen molar-refractivity contribution in [3.63, 3.8) is 0 Å². The summed E-state index contributed by atoms with van der Waals surface area (Å²) in [5, 5.41) is 2.95. The van der Waals surface area contributed by atoms with Gasteiger partial charge in [-0.1, -0.05) is 35.4 Å². The van der Waals surface area contributed by atoms with Crippen molar-refractivity contribution in [2.75, 3.05) is 99.6 Å². The summed E-state index contributed by atoms with van der Waals surface area (Å²) in [6.07, 6.45) is 9.49. The number of allylic oxidation sites excluding steroid dienone is 2. The van der Waals surface area contributed by atoms with Crippen LogP contribution in [0.5, 0.6) is 23.0 Å². The fourth-order valence-corrected chi connectivity index (χ4v) is 9.67. The van der Waals surface area contributed by atoms with Crippen LogP contribution in [0.3, 0.4) is 0 Å². The van der Waals surface area contributed by atoms with E-state index >= 15 is 0 Å². The summed E-state index contributed by atoms with van der Waals surface area (Å²) < 4.78 is 50.6. The third kappa shape index (κ3) is 14.5. The van der Waals surface area contributed by atoms with Crippen LogP contribution in [0.1, 0.15) is 84.4 Å². The van der Waals surface area contributed by atoms with Gasteiger partial charge in [0.05, 0.1) is 121 Å². The van der Waals surface area contributed by atoms with Crippen molar-refractivity contribution in [3.05, 3.63) is 93.6 Å². The monoisotopic (exact) mass is 1040 g/mol. The van der Waals surface area contributed by atoms with E-state index in [0.29, 0.717) is 111 Å². The Bertz CT molecular complexity index is 2480. The standard InChI is InChI=1S/C55H69N5O13S/c1-8-36-23-41-29-57-45-27-49(47(65-5)25-43(45)53(63)59(41)31-36)72-33-38-20-39(34-73-50-28-46-44(26-48(50)66-6)54(64)60-32-37(9-2)24-42(60)30-58-46)22-40(21-38)55(3,4)74-35-51(61)56-11-13-69-15-17-71-19-18-70-16-14-68-12-10-52(62)67-7/h8-9,20-22,25-30,41-42H,10-19,23-24,31-35H2,1-7H3,(H,56,61)/b36-8+,37-9+. The van der Waals surface area contributed by atoms with E-state index in [4.69, 9.17) is 47.9 Å². The van der Waals surface area contributed by atoms with Gasteiger partial charge in [0.2, 0.25) is 5.91 Å². The maximum atomic E-state index is 13.8. The molecule has 2 unspecified atom stereocenters. The van der Waals surface area contributed by atoms with Crippen LogP contribution in [-0.4, -0.2) is 158 Å². The number of nitrogens with one attached hydrogen (secondary N) is 1. The normalized spacial score (nSPS) is 17.9. The van der Waals surface area contributed by atoms with Gasteiger partial charge in [-0.3, -0.25) is 29.2 Å². The number of ether oxygens (including phenoxy) is 9. The van der Waals surface area contributed by atoms with Crippen molar-refractivity contribution in [1.82, 2.24) is 15.1 Å². The molecule has 3 amide bonds. The Labute approximate surface area is 437 Å². The van der Waals surface area contributed by atoms with Gasteiger partial charge in [0.25, 0.3) is 11.8 Å². The van der Waals surface area contributed by atoms with Gasteiger partial charge < -0.3 is 57.7 Å². The quantitative estimate of drug-likeness (QED) is 0.0453. The van der Waals surface area contributed by atoms with Crippen LogP contribution in [0.15, 0.2) is 75.7 Å². The van der Waals surface area contributed by atoms with Crippen LogP contribution in [-0.2, 0) is 51.2 Å². The minimum Gasteiger partial charge on any atom is -0.493 e. The van der Waals surface area contributed by atoms with E-state index in [9.17, 15) is 19.2 Å². The Morgan fingerprint density at radius 2 is 1.14 bits per heavy atom. The minimum absolute atomic E-state index is 0.105. The third-order valence-corrected chi connectivity index (χ3v) is 14.5. The zero-order chi connectivity index (χ0) is 52.6. The maximum absolute atomic E-state index is 13.8. The summed E-state index contributed by atoms with van der Waals surface area (Å²) in [5.41, 5.74) is 6.91. The van der Waals surface area contributed by atoms with Crippen LogP contribution >= 0.6 is 11.8 Å². The molecule has 0 radical (unpaired) electrons. The van der Waals surface area contributed by atoms with Gasteiger partial charge in [0.1, 0.15) is 13.2 Å². The zero-order valence-corrected chi connectivity index (χ0v) is 44.3. The molecule has 3 aromatic carbocycles. The first-order chi connectivity index (χ1) is 35.8. The number of benzene rings is 3. The lowest BCUT2D eigenvalue weighted by Crippen LogP contribution is -2.35. The SMILES string of the molecule is C/C=C1\CC2C=Nc3cc(OCc4cc(COc5cc6c(cc5OC)C(=O)N5C/C(=C/C)CC5C=N6)cc(C(C)(C)SCC(=O)NCCOCCOCCOCCOCCC(=O)OC)c4)c(OC)cc3C(=O)N2C1. The number of hydrogen-bond donors (Lipinski definition) is 1. The summed E-state index contributed by atoms with van der Waals surface area (Å²) >= 11 is 1.50. The van der Waals surface area contributed by atoms with Gasteiger partial charge in [0.15, 0.2) is 23.0 Å². The van der Waals surface area contributed by atoms with Crippen molar-refractivity contribution in [1.29, 1.82) is 0 Å². The predicted octanol–water partition coefficient (Wildman–Crippen LogP) is 7.33. The summed E-state index contributed by atoms with van der Waals surface area (Å²) in [6.45, 7) is 12.8. The van der Waals surface area contributed by atoms with Crippen molar-refractivity contribution < 1.29 is 61.8 Å². The highest BCUT2D eigenvalue weighted by atomic mass is 32.2. The first-order valence-electron chi connectivity index (χ1n) is 24.9. The molecular weight excluding hydrogens is 971 g/mol. The molecule has 1 N–H and O–H groups in total. The second-order valence-electron chi connectivity index (χ2n) is 18.4. The highest BCUT2D eigenvalue weighted by Gasteiger charge is 2.36. The van der Waals surface area contributed by atoms with E-state index < -0.39 is 4.75 Å². The van der Waals surface area contributed by atoms with E-state index in [-0.39, 0.29) is 67.8 Å². The molecule has 4 aliphatic heterocycles. The van der Waals surface area contributed by atoms with Crippen molar-refractivity contribution in [2.45, 2.75) is 77.0 Å². The average Bonchev–Trinajstić information content (AvgIpc) is 3.98. The zero-order valence-electron chi connectivity index (χ0n) is 43.5. The number of fused-ring (bicyclic) bond motifs is 4. The summed E-state index contributed by atoms with van der Waals surface area (Å²) in [5.74, 6) is 1.22. The topological polar surface area (TPSA) is 195 Å². The van der Waals surface area contributed by atoms with Gasteiger partial charge in [0, 0.05) is 48.9 Å². The summed E-state index contributed by atoms with van der Waals surface area (Å²) in [6, 6.07) is 12.8. The van der Waals surface area contributed by atoms with Crippen LogP contribution in [0.2, 0.25) is 0 Å². The molecule has 2 atom stereocenters. The Morgan fingerprint density at radius 3 is 1.59 bits per heavy atom. The lowest BCUT2D eigenvalue weighted by molar-refractivity contribution is -0.142. The largest absolute Gasteiger partial charge is 0.493 e. The molecule has 0 saturated carbocycles. The Hall–Kier alpha value is -6.25. The molecule has 2 fully saturated rings. The van der Waals surface area contributed by atoms with E-state index in [2.05, 4.69) is 48.2 Å². The van der Waals surface area contributed by atoms with Crippen LogP contribution in [0, 0.1) is 0 Å². The molecule has 74 heavy (non-hydrogen) atoms. The second kappa shape index (κ2) is 26.8. The Kier molecular flexibility index (Phi) is 20.1. The van der Waals surface area contributed by atoms with Gasteiger partial charge in [-0.15, -0.1) is 11.8 Å². The lowest BCUT2D eigenvalue weighted by Gasteiger charge is -2.26. The molecule has 0 bridgehead atoms. The molecule has 0 aliphatic carbocycles. The highest BCUT2D eigenvalue weighted by molar-refractivity contribution is 8.00. The number of methoxy groups -OCH3 is 3. The number of hydrogen-bond acceptors (Lipinski definition) is 16. The molecule has 19 heteroatoms. The van der Waals surface area contributed by atoms with Crippen molar-refractivity contribution in [2.24, 2.45) is 9.98 Å². The number of thioether (sulfide) groups is 1. The molecule has 0 aromatic heterocycles. The minimum atomic E-state index is -0.550. The Morgan fingerprint density at radius 1 is 0.662 bits per heavy atom.